The van der Waals surface area contributed by atoms with Crippen LogP contribution in [0.25, 0.3) is 37.0 Å². The molecule has 0 aliphatic heterocycles. The van der Waals surface area contributed by atoms with Gasteiger partial charge < -0.3 is 4.74 Å². The first kappa shape index (κ1) is 19.7. The van der Waals surface area contributed by atoms with Crippen molar-refractivity contribution in [3.05, 3.63) is 103 Å². The molecule has 0 amide bonds. The van der Waals surface area contributed by atoms with Crippen LogP contribution in [0.3, 0.4) is 0 Å². The topological polar surface area (TPSA) is 39.9 Å². The van der Waals surface area contributed by atoms with Crippen LogP contribution >= 0.6 is 11.3 Å². The van der Waals surface area contributed by atoms with E-state index in [1.165, 1.54) is 31.3 Å². The van der Waals surface area contributed by atoms with Crippen LogP contribution in [0, 0.1) is 13.8 Å². The highest BCUT2D eigenvalue weighted by atomic mass is 32.1. The molecule has 0 fully saturated rings. The highest BCUT2D eigenvalue weighted by Crippen LogP contribution is 2.38. The van der Waals surface area contributed by atoms with Gasteiger partial charge in [-0.15, -0.1) is 11.3 Å². The fraction of sp³-hybridized carbons (Fsp3) is 0.0714. The van der Waals surface area contributed by atoms with Gasteiger partial charge in [0, 0.05) is 49.8 Å². The van der Waals surface area contributed by atoms with Crippen LogP contribution in [0.2, 0.25) is 0 Å². The second kappa shape index (κ2) is 7.87. The summed E-state index contributed by atoms with van der Waals surface area (Å²) in [5, 5.41) is 7.50. The first-order chi connectivity index (χ1) is 16.2. The Morgan fingerprint density at radius 1 is 0.788 bits per heavy atom. The van der Waals surface area contributed by atoms with Crippen LogP contribution in [0.4, 0.5) is 0 Å². The van der Waals surface area contributed by atoms with E-state index in [0.29, 0.717) is 5.88 Å². The van der Waals surface area contributed by atoms with E-state index in [0.717, 1.165) is 22.8 Å². The van der Waals surface area contributed by atoms with Gasteiger partial charge in [-0.05, 0) is 49.7 Å². The first-order valence-electron chi connectivity index (χ1n) is 10.8. The van der Waals surface area contributed by atoms with Crippen molar-refractivity contribution in [2.24, 2.45) is 0 Å². The van der Waals surface area contributed by atoms with Gasteiger partial charge >= 0.3 is 0 Å². The third kappa shape index (κ3) is 3.47. The lowest BCUT2D eigenvalue weighted by Gasteiger charge is -2.09. The number of nitrogens with zero attached hydrogens (tertiary/aromatic N) is 3. The van der Waals surface area contributed by atoms with Gasteiger partial charge in [-0.3, -0.25) is 0 Å². The van der Waals surface area contributed by atoms with E-state index in [-0.39, 0.29) is 0 Å². The molecule has 0 spiro atoms. The molecule has 3 heterocycles. The normalized spacial score (nSPS) is 11.3. The Morgan fingerprint density at radius 2 is 1.64 bits per heavy atom. The number of hydrogen-bond acceptors (Lipinski definition) is 4. The highest BCUT2D eigenvalue weighted by molar-refractivity contribution is 7.25. The molecule has 0 saturated heterocycles. The third-order valence-electron chi connectivity index (χ3n) is 5.88. The average Bonchev–Trinajstić information content (AvgIpc) is 3.35. The second-order valence-electron chi connectivity index (χ2n) is 8.03. The molecule has 3 aromatic carbocycles. The lowest BCUT2D eigenvalue weighted by Crippen LogP contribution is -1.99. The largest absolute Gasteiger partial charge is 0.439 e. The van der Waals surface area contributed by atoms with Crippen molar-refractivity contribution >= 4 is 31.5 Å². The fourth-order valence-corrected chi connectivity index (χ4v) is 5.55. The van der Waals surface area contributed by atoms with Crippen molar-refractivity contribution in [3.63, 3.8) is 0 Å². The minimum absolute atomic E-state index is 0.570. The SMILES string of the molecule is Cc1nn(-c2cccc(Oc3ccccn3)c2)c(C)c1-c1ccc2c(c1)sc1ccccc12. The minimum atomic E-state index is 0.570. The summed E-state index contributed by atoms with van der Waals surface area (Å²) in [7, 11) is 0. The zero-order chi connectivity index (χ0) is 22.4. The Morgan fingerprint density at radius 3 is 2.52 bits per heavy atom. The van der Waals surface area contributed by atoms with E-state index in [9.17, 15) is 0 Å². The van der Waals surface area contributed by atoms with Gasteiger partial charge in [0.25, 0.3) is 0 Å². The summed E-state index contributed by atoms with van der Waals surface area (Å²) in [6, 6.07) is 28.9. The van der Waals surface area contributed by atoms with Crippen molar-refractivity contribution in [1.29, 1.82) is 0 Å². The lowest BCUT2D eigenvalue weighted by molar-refractivity contribution is 0.462. The lowest BCUT2D eigenvalue weighted by atomic mass is 10.0. The zero-order valence-electron chi connectivity index (χ0n) is 18.3. The van der Waals surface area contributed by atoms with Gasteiger partial charge in [-0.25, -0.2) is 9.67 Å². The highest BCUT2D eigenvalue weighted by Gasteiger charge is 2.16. The molecule has 160 valence electrons. The van der Waals surface area contributed by atoms with Gasteiger partial charge in [-0.2, -0.15) is 5.10 Å². The summed E-state index contributed by atoms with van der Waals surface area (Å²) in [4.78, 5) is 4.25. The molecule has 33 heavy (non-hydrogen) atoms. The van der Waals surface area contributed by atoms with Crippen LogP contribution in [-0.4, -0.2) is 14.8 Å². The van der Waals surface area contributed by atoms with Crippen molar-refractivity contribution in [1.82, 2.24) is 14.8 Å². The second-order valence-corrected chi connectivity index (χ2v) is 9.12. The average molecular weight is 448 g/mol. The van der Waals surface area contributed by atoms with Crippen molar-refractivity contribution in [3.8, 4) is 28.4 Å². The number of hydrogen-bond donors (Lipinski definition) is 0. The number of benzene rings is 3. The standard InChI is InChI=1S/C28H21N3OS/c1-18-28(20-13-14-24-23-10-3-4-11-25(23)33-26(24)16-20)19(2)31(30-18)21-8-7-9-22(17-21)32-27-12-5-6-15-29-27/h3-17H,1-2H3. The fourth-order valence-electron chi connectivity index (χ4n) is 4.40. The molecule has 6 rings (SSSR count). The zero-order valence-corrected chi connectivity index (χ0v) is 19.1. The van der Waals surface area contributed by atoms with E-state index in [2.05, 4.69) is 61.3 Å². The Bertz CT molecular complexity index is 1620. The summed E-state index contributed by atoms with van der Waals surface area (Å²) in [6.07, 6.45) is 1.72. The van der Waals surface area contributed by atoms with Gasteiger partial charge in [0.1, 0.15) is 5.75 Å². The third-order valence-corrected chi connectivity index (χ3v) is 7.01. The van der Waals surface area contributed by atoms with E-state index < -0.39 is 0 Å². The molecule has 4 nitrogen and oxygen atoms in total. The smallest absolute Gasteiger partial charge is 0.219 e. The van der Waals surface area contributed by atoms with Crippen LogP contribution in [0.15, 0.2) is 91.1 Å². The minimum Gasteiger partial charge on any atom is -0.439 e. The van der Waals surface area contributed by atoms with Gasteiger partial charge in [0.15, 0.2) is 0 Å². The molecule has 0 saturated carbocycles. The van der Waals surface area contributed by atoms with Crippen LogP contribution in [-0.2, 0) is 0 Å². The quantitative estimate of drug-likeness (QED) is 0.278. The number of thiophene rings is 1. The Labute approximate surface area is 195 Å². The van der Waals surface area contributed by atoms with Crippen molar-refractivity contribution < 1.29 is 4.74 Å². The Hall–Kier alpha value is -3.96. The van der Waals surface area contributed by atoms with E-state index in [1.807, 2.05) is 58.5 Å². The summed E-state index contributed by atoms with van der Waals surface area (Å²) in [5.41, 5.74) is 5.42. The van der Waals surface area contributed by atoms with Crippen molar-refractivity contribution in [2.75, 3.05) is 0 Å². The summed E-state index contributed by atoms with van der Waals surface area (Å²) >= 11 is 1.84. The molecule has 3 aromatic heterocycles. The molecule has 5 heteroatoms. The van der Waals surface area contributed by atoms with E-state index >= 15 is 0 Å². The number of fused-ring (bicyclic) bond motifs is 3. The predicted molar refractivity (Wildman–Crippen MR) is 136 cm³/mol. The van der Waals surface area contributed by atoms with Crippen molar-refractivity contribution in [2.45, 2.75) is 13.8 Å². The predicted octanol–water partition coefficient (Wildman–Crippen LogP) is 7.71. The number of aromatic nitrogens is 3. The van der Waals surface area contributed by atoms with E-state index in [4.69, 9.17) is 9.84 Å². The molecular formula is C28H21N3OS. The summed E-state index contributed by atoms with van der Waals surface area (Å²) in [6.45, 7) is 4.19. The maximum Gasteiger partial charge on any atom is 0.219 e. The summed E-state index contributed by atoms with van der Waals surface area (Å²) in [5.74, 6) is 1.30. The number of ether oxygens (including phenoxy) is 1. The molecule has 0 aliphatic rings. The van der Waals surface area contributed by atoms with Gasteiger partial charge in [0.05, 0.1) is 11.4 Å². The molecular weight excluding hydrogens is 426 g/mol. The maximum absolute atomic E-state index is 5.93. The summed E-state index contributed by atoms with van der Waals surface area (Å²) < 4.78 is 10.5. The Balaban J connectivity index is 1.40. The number of pyridine rings is 1. The van der Waals surface area contributed by atoms with Gasteiger partial charge in [0.2, 0.25) is 5.88 Å². The Kier molecular flexibility index (Phi) is 4.70. The molecule has 0 unspecified atom stereocenters. The number of aryl methyl sites for hydroxylation is 1. The maximum atomic E-state index is 5.93. The van der Waals surface area contributed by atoms with Crippen LogP contribution < -0.4 is 4.74 Å². The monoisotopic (exact) mass is 447 g/mol. The molecule has 0 aliphatic carbocycles. The number of rotatable bonds is 4. The van der Waals surface area contributed by atoms with Crippen LogP contribution in [0.1, 0.15) is 11.4 Å². The molecule has 0 radical (unpaired) electrons. The first-order valence-corrected chi connectivity index (χ1v) is 11.7. The van der Waals surface area contributed by atoms with Gasteiger partial charge in [-0.1, -0.05) is 42.5 Å². The molecule has 6 aromatic rings. The molecule has 0 N–H and O–H groups in total. The van der Waals surface area contributed by atoms with Crippen LogP contribution in [0.5, 0.6) is 11.6 Å². The molecule has 0 atom stereocenters. The molecule has 0 bridgehead atoms. The van der Waals surface area contributed by atoms with E-state index in [1.54, 1.807) is 6.20 Å².